The molecule has 0 radical (unpaired) electrons. The first-order valence-corrected chi connectivity index (χ1v) is 6.12. The van der Waals surface area contributed by atoms with Crippen molar-refractivity contribution >= 4 is 22.4 Å². The first-order valence-electron chi connectivity index (χ1n) is 6.12. The fraction of sp³-hybridized carbons (Fsp3) is 0.455. The van der Waals surface area contributed by atoms with Crippen LogP contribution in [0.2, 0.25) is 0 Å². The summed E-state index contributed by atoms with van der Waals surface area (Å²) in [6.07, 6.45) is 0. The first kappa shape index (κ1) is 10.7. The van der Waals surface area contributed by atoms with E-state index >= 15 is 0 Å². The second-order valence-corrected chi connectivity index (χ2v) is 5.01. The fourth-order valence-corrected chi connectivity index (χ4v) is 2.93. The van der Waals surface area contributed by atoms with Gasteiger partial charge >= 0.3 is 5.69 Å². The average molecular weight is 261 g/mol. The van der Waals surface area contributed by atoms with E-state index < -0.39 is 4.92 Å². The number of nitrogens with zero attached hydrogens (tertiary/aromatic N) is 3. The van der Waals surface area contributed by atoms with E-state index in [1.54, 1.807) is 6.07 Å². The molecule has 98 valence electrons. The lowest BCUT2D eigenvalue weighted by Crippen LogP contribution is -2.21. The molecule has 2 heterocycles. The Balaban J connectivity index is 1.69. The molecule has 1 aromatic heterocycles. The third-order valence-electron chi connectivity index (χ3n) is 4.00. The van der Waals surface area contributed by atoms with Gasteiger partial charge in [-0.15, -0.1) is 0 Å². The van der Waals surface area contributed by atoms with E-state index in [1.807, 2.05) is 0 Å². The van der Waals surface area contributed by atoms with Crippen LogP contribution in [0.25, 0.3) is 11.0 Å². The third kappa shape index (κ3) is 1.49. The molecule has 2 N–H and O–H groups in total. The molecule has 2 aliphatic rings. The lowest BCUT2D eigenvalue weighted by Gasteiger charge is -2.08. The van der Waals surface area contributed by atoms with Gasteiger partial charge in [-0.2, -0.15) is 0 Å². The highest BCUT2D eigenvalue weighted by molar-refractivity contribution is 5.93. The molecule has 2 fully saturated rings. The lowest BCUT2D eigenvalue weighted by molar-refractivity contribution is -0.383. The van der Waals surface area contributed by atoms with Crippen molar-refractivity contribution in [1.82, 2.24) is 15.6 Å². The number of aromatic nitrogens is 2. The molecule has 2 aromatic rings. The Kier molecular flexibility index (Phi) is 2.05. The maximum atomic E-state index is 10.9. The number of rotatable bonds is 3. The summed E-state index contributed by atoms with van der Waals surface area (Å²) in [6.45, 7) is 2.05. The minimum absolute atomic E-state index is 0.0838. The van der Waals surface area contributed by atoms with Crippen LogP contribution >= 0.6 is 0 Å². The monoisotopic (exact) mass is 261 g/mol. The van der Waals surface area contributed by atoms with Crippen LogP contribution in [0.15, 0.2) is 16.8 Å². The molecular formula is C11H11N5O3. The zero-order valence-electron chi connectivity index (χ0n) is 9.87. The van der Waals surface area contributed by atoms with Crippen LogP contribution in [0.1, 0.15) is 0 Å². The molecule has 1 saturated heterocycles. The second kappa shape index (κ2) is 3.64. The summed E-state index contributed by atoms with van der Waals surface area (Å²) in [4.78, 5) is 10.4. The summed E-state index contributed by atoms with van der Waals surface area (Å²) in [7, 11) is 0. The van der Waals surface area contributed by atoms with E-state index in [-0.39, 0.29) is 11.2 Å². The number of piperidine rings is 1. The van der Waals surface area contributed by atoms with Crippen molar-refractivity contribution in [3.63, 3.8) is 0 Å². The number of nitro groups is 1. The predicted molar refractivity (Wildman–Crippen MR) is 65.7 cm³/mol. The van der Waals surface area contributed by atoms with Crippen molar-refractivity contribution in [3.05, 3.63) is 22.2 Å². The number of hydrogen-bond donors (Lipinski definition) is 2. The molecule has 8 nitrogen and oxygen atoms in total. The number of non-ortho nitro benzene ring substituents is 1. The van der Waals surface area contributed by atoms with Crippen LogP contribution < -0.4 is 10.6 Å². The van der Waals surface area contributed by atoms with Gasteiger partial charge in [0.05, 0.1) is 10.6 Å². The number of hydrogen-bond acceptors (Lipinski definition) is 7. The number of nitro benzene ring substituents is 1. The number of benzene rings is 1. The van der Waals surface area contributed by atoms with Gasteiger partial charge in [-0.25, -0.2) is 4.63 Å². The Morgan fingerprint density at radius 2 is 2.05 bits per heavy atom. The molecule has 0 amide bonds. The van der Waals surface area contributed by atoms with Crippen molar-refractivity contribution in [2.24, 2.45) is 11.8 Å². The quantitative estimate of drug-likeness (QED) is 0.620. The number of anilines is 1. The average Bonchev–Trinajstić information content (AvgIpc) is 2.85. The molecule has 8 heteroatoms. The van der Waals surface area contributed by atoms with Crippen molar-refractivity contribution < 1.29 is 9.55 Å². The van der Waals surface area contributed by atoms with Gasteiger partial charge in [0.2, 0.25) is 5.52 Å². The van der Waals surface area contributed by atoms with Crippen LogP contribution in [0.5, 0.6) is 0 Å². The maximum Gasteiger partial charge on any atom is 0.300 e. The Bertz CT molecular complexity index is 659. The molecule has 1 saturated carbocycles. The minimum Gasteiger partial charge on any atom is -0.380 e. The van der Waals surface area contributed by atoms with E-state index in [0.29, 0.717) is 23.4 Å². The van der Waals surface area contributed by atoms with Gasteiger partial charge in [-0.05, 0) is 28.2 Å². The fourth-order valence-electron chi connectivity index (χ4n) is 2.93. The Morgan fingerprint density at radius 1 is 1.32 bits per heavy atom. The topological polar surface area (TPSA) is 106 Å². The molecule has 0 spiro atoms. The molecule has 1 aromatic carbocycles. The SMILES string of the molecule is O=[N+]([O-])c1ccc(NC2C3CNCC32)c2nonc12. The van der Waals surface area contributed by atoms with Crippen LogP contribution in [0.4, 0.5) is 11.4 Å². The largest absolute Gasteiger partial charge is 0.380 e. The molecule has 4 rings (SSSR count). The highest BCUT2D eigenvalue weighted by Crippen LogP contribution is 2.44. The van der Waals surface area contributed by atoms with Crippen molar-refractivity contribution in [2.45, 2.75) is 6.04 Å². The summed E-state index contributed by atoms with van der Waals surface area (Å²) in [5, 5.41) is 25.0. The van der Waals surface area contributed by atoms with Crippen LogP contribution in [0.3, 0.4) is 0 Å². The van der Waals surface area contributed by atoms with E-state index in [9.17, 15) is 10.1 Å². The zero-order chi connectivity index (χ0) is 13.0. The maximum absolute atomic E-state index is 10.9. The van der Waals surface area contributed by atoms with Crippen LogP contribution in [0, 0.1) is 22.0 Å². The van der Waals surface area contributed by atoms with Gasteiger partial charge in [0.1, 0.15) is 0 Å². The highest BCUT2D eigenvalue weighted by atomic mass is 16.6. The van der Waals surface area contributed by atoms with E-state index in [2.05, 4.69) is 25.6 Å². The van der Waals surface area contributed by atoms with E-state index in [0.717, 1.165) is 18.8 Å². The van der Waals surface area contributed by atoms with Gasteiger partial charge in [0.15, 0.2) is 5.52 Å². The standard InChI is InChI=1S/C11H11N5O3/c17-16(18)8-2-1-7(10-11(8)15-19-14-10)13-9-5-3-12-4-6(5)9/h1-2,5-6,9,12-13H,3-4H2. The first-order chi connectivity index (χ1) is 9.25. The summed E-state index contributed by atoms with van der Waals surface area (Å²) < 4.78 is 4.64. The minimum atomic E-state index is -0.480. The Labute approximate surface area is 107 Å². The predicted octanol–water partition coefficient (Wildman–Crippen LogP) is 0.761. The van der Waals surface area contributed by atoms with Gasteiger partial charge in [-0.3, -0.25) is 10.1 Å². The Hall–Kier alpha value is -2.22. The highest BCUT2D eigenvalue weighted by Gasteiger charge is 2.53. The van der Waals surface area contributed by atoms with Gasteiger partial charge in [0.25, 0.3) is 0 Å². The molecule has 0 bridgehead atoms. The number of nitrogens with one attached hydrogen (secondary N) is 2. The Morgan fingerprint density at radius 3 is 2.79 bits per heavy atom. The molecule has 2 unspecified atom stereocenters. The summed E-state index contributed by atoms with van der Waals surface area (Å²) in [6, 6.07) is 3.53. The normalized spacial score (nSPS) is 28.3. The van der Waals surface area contributed by atoms with E-state index in [4.69, 9.17) is 0 Å². The molecule has 19 heavy (non-hydrogen) atoms. The second-order valence-electron chi connectivity index (χ2n) is 5.01. The van der Waals surface area contributed by atoms with Gasteiger partial charge in [-0.1, -0.05) is 0 Å². The lowest BCUT2D eigenvalue weighted by atomic mass is 10.2. The molecule has 2 atom stereocenters. The third-order valence-corrected chi connectivity index (χ3v) is 4.00. The summed E-state index contributed by atoms with van der Waals surface area (Å²) in [5.41, 5.74) is 1.28. The van der Waals surface area contributed by atoms with Gasteiger partial charge < -0.3 is 10.6 Å². The van der Waals surface area contributed by atoms with Gasteiger partial charge in [0, 0.05) is 25.2 Å². The molecule has 1 aliphatic carbocycles. The molecular weight excluding hydrogens is 250 g/mol. The molecule has 1 aliphatic heterocycles. The number of fused-ring (bicyclic) bond motifs is 2. The van der Waals surface area contributed by atoms with Crippen LogP contribution in [-0.4, -0.2) is 34.4 Å². The smallest absolute Gasteiger partial charge is 0.300 e. The summed E-state index contributed by atoms with van der Waals surface area (Å²) in [5.74, 6) is 1.29. The van der Waals surface area contributed by atoms with Crippen molar-refractivity contribution in [3.8, 4) is 0 Å². The van der Waals surface area contributed by atoms with Crippen LogP contribution in [-0.2, 0) is 0 Å². The van der Waals surface area contributed by atoms with Crippen molar-refractivity contribution in [2.75, 3.05) is 18.4 Å². The van der Waals surface area contributed by atoms with E-state index in [1.165, 1.54) is 6.07 Å². The van der Waals surface area contributed by atoms with Crippen molar-refractivity contribution in [1.29, 1.82) is 0 Å². The zero-order valence-corrected chi connectivity index (χ0v) is 9.87. The summed E-state index contributed by atoms with van der Waals surface area (Å²) >= 11 is 0.